The maximum absolute atomic E-state index is 13.0. The maximum Gasteiger partial charge on any atom is 0.320 e. The lowest BCUT2D eigenvalue weighted by molar-refractivity contribution is -0.153. The quantitative estimate of drug-likeness (QED) is 0.405. The van der Waals surface area contributed by atoms with Crippen molar-refractivity contribution < 1.29 is 19.1 Å². The van der Waals surface area contributed by atoms with Crippen LogP contribution in [0.15, 0.2) is 89.8 Å². The number of carbonyl (C=O) groups excluding carboxylic acids is 2. The molecule has 3 aromatic carbocycles. The largest absolute Gasteiger partial charge is 0.497 e. The Kier molecular flexibility index (Phi) is 7.51. The van der Waals surface area contributed by atoms with Gasteiger partial charge in [0.1, 0.15) is 11.0 Å². The number of carbonyl (C=O) groups is 2. The van der Waals surface area contributed by atoms with Crippen molar-refractivity contribution in [2.45, 2.75) is 23.2 Å². The van der Waals surface area contributed by atoms with E-state index in [-0.39, 0.29) is 0 Å². The highest BCUT2D eigenvalue weighted by Crippen LogP contribution is 2.27. The predicted molar refractivity (Wildman–Crippen MR) is 119 cm³/mol. The van der Waals surface area contributed by atoms with E-state index in [1.807, 2.05) is 36.4 Å². The summed E-state index contributed by atoms with van der Waals surface area (Å²) in [6.07, 6.45) is -1.07. The van der Waals surface area contributed by atoms with E-state index in [2.05, 4.69) is 5.32 Å². The number of hydrogen-bond donors (Lipinski definition) is 1. The van der Waals surface area contributed by atoms with Gasteiger partial charge in [-0.05, 0) is 31.2 Å². The second-order valence-electron chi connectivity index (χ2n) is 6.52. The summed E-state index contributed by atoms with van der Waals surface area (Å²) in [5, 5.41) is 2.34. The zero-order chi connectivity index (χ0) is 21.3. The minimum Gasteiger partial charge on any atom is -0.497 e. The number of amides is 1. The number of thioether (sulfide) groups is 1. The number of ether oxygens (including phenoxy) is 2. The van der Waals surface area contributed by atoms with Crippen molar-refractivity contribution in [3.05, 3.63) is 90.5 Å². The molecule has 0 aliphatic rings. The van der Waals surface area contributed by atoms with E-state index in [4.69, 9.17) is 9.47 Å². The van der Waals surface area contributed by atoms with Crippen LogP contribution in [0.2, 0.25) is 0 Å². The standard InChI is InChI=1S/C24H23NO4S/c1-17(30-21-14-7-4-8-15-21)24(27)29-22(18-10-5-3-6-11-18)23(26)25-19-12-9-13-20(16-19)28-2/h3-17,22H,1-2H3,(H,25,26)/t17-,22+/m1/s1. The fraction of sp³-hybridized carbons (Fsp3) is 0.167. The third kappa shape index (κ3) is 5.87. The van der Waals surface area contributed by atoms with Gasteiger partial charge in [-0.3, -0.25) is 9.59 Å². The van der Waals surface area contributed by atoms with Gasteiger partial charge in [0.05, 0.1) is 7.11 Å². The normalized spacial score (nSPS) is 12.5. The molecule has 0 heterocycles. The van der Waals surface area contributed by atoms with Crippen LogP contribution in [0.25, 0.3) is 0 Å². The number of esters is 1. The molecule has 6 heteroatoms. The van der Waals surface area contributed by atoms with Gasteiger partial charge < -0.3 is 14.8 Å². The monoisotopic (exact) mass is 421 g/mol. The molecular weight excluding hydrogens is 398 g/mol. The van der Waals surface area contributed by atoms with Crippen molar-refractivity contribution in [2.75, 3.05) is 12.4 Å². The molecule has 1 N–H and O–H groups in total. The smallest absolute Gasteiger partial charge is 0.320 e. The number of rotatable bonds is 8. The second-order valence-corrected chi connectivity index (χ2v) is 7.94. The summed E-state index contributed by atoms with van der Waals surface area (Å²) in [6.45, 7) is 1.77. The molecule has 0 aromatic heterocycles. The topological polar surface area (TPSA) is 64.6 Å². The number of methoxy groups -OCH3 is 1. The molecule has 3 aromatic rings. The van der Waals surface area contributed by atoms with E-state index in [1.165, 1.54) is 11.8 Å². The van der Waals surface area contributed by atoms with E-state index >= 15 is 0 Å². The van der Waals surface area contributed by atoms with Crippen LogP contribution in [0, 0.1) is 0 Å². The average Bonchev–Trinajstić information content (AvgIpc) is 2.78. The molecule has 0 spiro atoms. The van der Waals surface area contributed by atoms with E-state index in [0.717, 1.165) is 4.90 Å². The van der Waals surface area contributed by atoms with Gasteiger partial charge in [-0.25, -0.2) is 0 Å². The van der Waals surface area contributed by atoms with Crippen LogP contribution in [0.5, 0.6) is 5.75 Å². The molecule has 0 unspecified atom stereocenters. The Labute approximate surface area is 180 Å². The number of hydrogen-bond acceptors (Lipinski definition) is 5. The second kappa shape index (κ2) is 10.5. The molecule has 154 valence electrons. The SMILES string of the molecule is COc1cccc(NC(=O)[C@@H](OC(=O)[C@@H](C)Sc2ccccc2)c2ccccc2)c1. The first-order chi connectivity index (χ1) is 14.6. The van der Waals surface area contributed by atoms with Gasteiger partial charge in [-0.1, -0.05) is 54.6 Å². The zero-order valence-electron chi connectivity index (χ0n) is 16.8. The third-order valence-corrected chi connectivity index (χ3v) is 5.39. The molecular formula is C24H23NO4S. The molecule has 2 atom stereocenters. The molecule has 30 heavy (non-hydrogen) atoms. The molecule has 0 aliphatic carbocycles. The lowest BCUT2D eigenvalue weighted by atomic mass is 10.1. The lowest BCUT2D eigenvalue weighted by Crippen LogP contribution is -2.28. The van der Waals surface area contributed by atoms with Crippen molar-refractivity contribution in [2.24, 2.45) is 0 Å². The van der Waals surface area contributed by atoms with Gasteiger partial charge in [-0.2, -0.15) is 0 Å². The van der Waals surface area contributed by atoms with Crippen LogP contribution in [-0.2, 0) is 14.3 Å². The fourth-order valence-corrected chi connectivity index (χ4v) is 3.65. The van der Waals surface area contributed by atoms with E-state index in [0.29, 0.717) is 17.0 Å². The van der Waals surface area contributed by atoms with Crippen LogP contribution >= 0.6 is 11.8 Å². The fourth-order valence-electron chi connectivity index (χ4n) is 2.77. The summed E-state index contributed by atoms with van der Waals surface area (Å²) in [5.74, 6) is -0.271. The van der Waals surface area contributed by atoms with Gasteiger partial charge in [0.25, 0.3) is 5.91 Å². The Morgan fingerprint density at radius 1 is 0.900 bits per heavy atom. The first-order valence-corrected chi connectivity index (χ1v) is 10.4. The Morgan fingerprint density at radius 3 is 2.23 bits per heavy atom. The highest BCUT2D eigenvalue weighted by Gasteiger charge is 2.28. The highest BCUT2D eigenvalue weighted by molar-refractivity contribution is 8.00. The predicted octanol–water partition coefficient (Wildman–Crippen LogP) is 5.10. The van der Waals surface area contributed by atoms with Crippen molar-refractivity contribution in [3.63, 3.8) is 0 Å². The summed E-state index contributed by atoms with van der Waals surface area (Å²) >= 11 is 1.39. The van der Waals surface area contributed by atoms with Gasteiger partial charge >= 0.3 is 5.97 Å². The minimum atomic E-state index is -1.07. The number of nitrogens with one attached hydrogen (secondary N) is 1. The van der Waals surface area contributed by atoms with Gasteiger partial charge in [0.15, 0.2) is 0 Å². The summed E-state index contributed by atoms with van der Waals surface area (Å²) in [4.78, 5) is 26.7. The van der Waals surface area contributed by atoms with Crippen LogP contribution in [0.4, 0.5) is 5.69 Å². The lowest BCUT2D eigenvalue weighted by Gasteiger charge is -2.20. The molecule has 3 rings (SSSR count). The van der Waals surface area contributed by atoms with Crippen LogP contribution in [-0.4, -0.2) is 24.2 Å². The first-order valence-electron chi connectivity index (χ1n) is 9.49. The Balaban J connectivity index is 1.75. The highest BCUT2D eigenvalue weighted by atomic mass is 32.2. The molecule has 0 saturated heterocycles. The first kappa shape index (κ1) is 21.5. The molecule has 0 saturated carbocycles. The summed E-state index contributed by atoms with van der Waals surface area (Å²) in [7, 11) is 1.56. The zero-order valence-corrected chi connectivity index (χ0v) is 17.6. The average molecular weight is 422 g/mol. The van der Waals surface area contributed by atoms with E-state index in [9.17, 15) is 9.59 Å². The third-order valence-electron chi connectivity index (χ3n) is 4.30. The molecule has 0 aliphatic heterocycles. The molecule has 0 fully saturated rings. The van der Waals surface area contributed by atoms with E-state index < -0.39 is 23.2 Å². The molecule has 1 amide bonds. The van der Waals surface area contributed by atoms with E-state index in [1.54, 1.807) is 62.6 Å². The van der Waals surface area contributed by atoms with Gasteiger partial charge in [0, 0.05) is 22.2 Å². The maximum atomic E-state index is 13.0. The minimum absolute atomic E-state index is 0.431. The number of benzene rings is 3. The van der Waals surface area contributed by atoms with Crippen molar-refractivity contribution in [1.29, 1.82) is 0 Å². The summed E-state index contributed by atoms with van der Waals surface area (Å²) in [6, 6.07) is 25.6. The molecule has 0 bridgehead atoms. The Bertz CT molecular complexity index is 979. The van der Waals surface area contributed by atoms with Gasteiger partial charge in [0.2, 0.25) is 6.10 Å². The van der Waals surface area contributed by atoms with Crippen LogP contribution in [0.3, 0.4) is 0 Å². The molecule has 5 nitrogen and oxygen atoms in total. The van der Waals surface area contributed by atoms with Crippen molar-refractivity contribution >= 4 is 29.3 Å². The van der Waals surface area contributed by atoms with Crippen molar-refractivity contribution in [3.8, 4) is 5.75 Å². The Hall–Kier alpha value is -3.25. The van der Waals surface area contributed by atoms with Crippen molar-refractivity contribution in [1.82, 2.24) is 0 Å². The summed E-state index contributed by atoms with van der Waals surface area (Å²) < 4.78 is 10.9. The van der Waals surface area contributed by atoms with Gasteiger partial charge in [-0.15, -0.1) is 11.8 Å². The Morgan fingerprint density at radius 2 is 1.57 bits per heavy atom. The van der Waals surface area contributed by atoms with Crippen LogP contribution in [0.1, 0.15) is 18.6 Å². The number of anilines is 1. The summed E-state index contributed by atoms with van der Waals surface area (Å²) in [5.41, 5.74) is 1.16. The van der Waals surface area contributed by atoms with Crippen LogP contribution < -0.4 is 10.1 Å². The molecule has 0 radical (unpaired) electrons.